The summed E-state index contributed by atoms with van der Waals surface area (Å²) in [6.45, 7) is 8.32. The van der Waals surface area contributed by atoms with Crippen LogP contribution in [0.1, 0.15) is 41.3 Å². The number of anilines is 1. The number of hydrogen-bond donors (Lipinski definition) is 0. The van der Waals surface area contributed by atoms with Gasteiger partial charge in [-0.25, -0.2) is 4.98 Å². The Hall–Kier alpha value is -2.15. The van der Waals surface area contributed by atoms with Gasteiger partial charge in [0, 0.05) is 18.7 Å². The number of fused-ring (bicyclic) bond motifs is 1. The third-order valence-corrected chi connectivity index (χ3v) is 6.13. The van der Waals surface area contributed by atoms with Gasteiger partial charge < -0.3 is 9.64 Å². The Bertz CT molecular complexity index is 980. The summed E-state index contributed by atoms with van der Waals surface area (Å²) in [5.74, 6) is 0.683. The smallest absolute Gasteiger partial charge is 0.260 e. The predicted molar refractivity (Wildman–Crippen MR) is 133 cm³/mol. The highest BCUT2D eigenvalue weighted by atomic mass is 35.5. The summed E-state index contributed by atoms with van der Waals surface area (Å²) in [6.07, 6.45) is 2.07. The molecule has 1 amide bonds. The van der Waals surface area contributed by atoms with E-state index in [4.69, 9.17) is 9.72 Å². The van der Waals surface area contributed by atoms with Gasteiger partial charge in [-0.15, -0.1) is 12.4 Å². The number of benzene rings is 2. The third kappa shape index (κ3) is 6.42. The highest BCUT2D eigenvalue weighted by Gasteiger charge is 2.22. The molecular formula is C24H32ClN3O2S. The van der Waals surface area contributed by atoms with Gasteiger partial charge in [-0.3, -0.25) is 9.69 Å². The van der Waals surface area contributed by atoms with Gasteiger partial charge in [-0.05, 0) is 75.8 Å². The van der Waals surface area contributed by atoms with Gasteiger partial charge in [-0.2, -0.15) is 0 Å². The van der Waals surface area contributed by atoms with Crippen molar-refractivity contribution < 1.29 is 9.53 Å². The fraction of sp³-hybridized carbons (Fsp3) is 0.417. The minimum atomic E-state index is -0.0507. The van der Waals surface area contributed by atoms with E-state index in [-0.39, 0.29) is 18.3 Å². The van der Waals surface area contributed by atoms with Gasteiger partial charge in [0.25, 0.3) is 5.91 Å². The van der Waals surface area contributed by atoms with E-state index in [1.807, 2.05) is 38.4 Å². The predicted octanol–water partition coefficient (Wildman–Crippen LogP) is 5.72. The van der Waals surface area contributed by atoms with Crippen molar-refractivity contribution >= 4 is 45.0 Å². The molecule has 0 bridgehead atoms. The molecule has 0 saturated heterocycles. The van der Waals surface area contributed by atoms with Crippen LogP contribution < -0.4 is 9.64 Å². The number of nitrogens with zero attached hydrogens (tertiary/aromatic N) is 3. The number of unbranched alkanes of at least 4 members (excludes halogenated alkanes) is 1. The standard InChI is InChI=1S/C24H31N3O2S.ClH/c1-6-7-13-29-20-10-8-9-19(16-20)23(28)27(12-11-26(4)5)24-25-21-14-17(2)18(3)15-22(21)30-24;/h8-10,14-16H,6-7,11-13H2,1-5H3;1H. The van der Waals surface area contributed by atoms with Gasteiger partial charge in [0.2, 0.25) is 0 Å². The van der Waals surface area contributed by atoms with Gasteiger partial charge in [0.1, 0.15) is 5.75 Å². The highest BCUT2D eigenvalue weighted by molar-refractivity contribution is 7.22. The maximum Gasteiger partial charge on any atom is 0.260 e. The van der Waals surface area contributed by atoms with Crippen LogP contribution in [0.4, 0.5) is 5.13 Å². The van der Waals surface area contributed by atoms with Crippen LogP contribution in [0.15, 0.2) is 36.4 Å². The second-order valence-electron chi connectivity index (χ2n) is 7.89. The Morgan fingerprint density at radius 2 is 1.84 bits per heavy atom. The van der Waals surface area contributed by atoms with E-state index < -0.39 is 0 Å². The molecule has 0 fully saturated rings. The molecule has 168 valence electrons. The molecule has 0 atom stereocenters. The maximum absolute atomic E-state index is 13.5. The molecule has 0 N–H and O–H groups in total. The zero-order chi connectivity index (χ0) is 21.7. The fourth-order valence-electron chi connectivity index (χ4n) is 3.08. The van der Waals surface area contributed by atoms with E-state index in [1.165, 1.54) is 11.1 Å². The van der Waals surface area contributed by atoms with Gasteiger partial charge in [0.05, 0.1) is 16.8 Å². The molecule has 3 rings (SSSR count). The quantitative estimate of drug-likeness (QED) is 0.382. The zero-order valence-corrected chi connectivity index (χ0v) is 20.6. The Morgan fingerprint density at radius 1 is 1.10 bits per heavy atom. The van der Waals surface area contributed by atoms with Crippen LogP contribution in [0.5, 0.6) is 5.75 Å². The number of carbonyl (C=O) groups excluding carboxylic acids is 1. The fourth-order valence-corrected chi connectivity index (χ4v) is 4.15. The number of likely N-dealkylation sites (N-methyl/N-ethyl adjacent to an activating group) is 1. The molecule has 3 aromatic rings. The molecular weight excluding hydrogens is 430 g/mol. The Morgan fingerprint density at radius 3 is 2.55 bits per heavy atom. The minimum Gasteiger partial charge on any atom is -0.494 e. The van der Waals surface area contributed by atoms with E-state index in [1.54, 1.807) is 16.2 Å². The summed E-state index contributed by atoms with van der Waals surface area (Å²) >= 11 is 1.57. The normalized spacial score (nSPS) is 10.9. The van der Waals surface area contributed by atoms with Crippen molar-refractivity contribution in [3.8, 4) is 5.75 Å². The number of hydrogen-bond acceptors (Lipinski definition) is 5. The number of carbonyl (C=O) groups is 1. The summed E-state index contributed by atoms with van der Waals surface area (Å²) in [7, 11) is 4.02. The summed E-state index contributed by atoms with van der Waals surface area (Å²) < 4.78 is 6.91. The number of amides is 1. The summed E-state index contributed by atoms with van der Waals surface area (Å²) in [5, 5.41) is 0.735. The molecule has 0 aliphatic carbocycles. The SMILES string of the molecule is CCCCOc1cccc(C(=O)N(CCN(C)C)c2nc3cc(C)c(C)cc3s2)c1.Cl. The first-order valence-corrected chi connectivity index (χ1v) is 11.3. The molecule has 0 unspecified atom stereocenters. The van der Waals surface area contributed by atoms with Crippen LogP contribution in [-0.4, -0.2) is 49.6 Å². The van der Waals surface area contributed by atoms with Crippen molar-refractivity contribution in [1.29, 1.82) is 0 Å². The first-order valence-electron chi connectivity index (χ1n) is 10.5. The first kappa shape index (κ1) is 25.1. The number of aromatic nitrogens is 1. The van der Waals surface area contributed by atoms with Crippen molar-refractivity contribution in [1.82, 2.24) is 9.88 Å². The van der Waals surface area contributed by atoms with Crippen LogP contribution in [-0.2, 0) is 0 Å². The van der Waals surface area contributed by atoms with Gasteiger partial charge in [-0.1, -0.05) is 30.7 Å². The Balaban J connectivity index is 0.00000341. The van der Waals surface area contributed by atoms with Crippen molar-refractivity contribution in [3.05, 3.63) is 53.1 Å². The van der Waals surface area contributed by atoms with Crippen molar-refractivity contribution in [2.24, 2.45) is 0 Å². The number of aryl methyl sites for hydroxylation is 2. The number of rotatable bonds is 9. The van der Waals surface area contributed by atoms with Gasteiger partial charge >= 0.3 is 0 Å². The molecule has 7 heteroatoms. The molecule has 0 spiro atoms. The lowest BCUT2D eigenvalue weighted by molar-refractivity contribution is 0.0984. The highest BCUT2D eigenvalue weighted by Crippen LogP contribution is 2.32. The Labute approximate surface area is 195 Å². The minimum absolute atomic E-state index is 0. The van der Waals surface area contributed by atoms with Crippen LogP contribution in [0.2, 0.25) is 0 Å². The average Bonchev–Trinajstić information content (AvgIpc) is 3.10. The van der Waals surface area contributed by atoms with Crippen LogP contribution in [0.25, 0.3) is 10.2 Å². The van der Waals surface area contributed by atoms with Crippen LogP contribution >= 0.6 is 23.7 Å². The van der Waals surface area contributed by atoms with Crippen molar-refractivity contribution in [2.75, 3.05) is 38.7 Å². The first-order chi connectivity index (χ1) is 14.4. The molecule has 2 aromatic carbocycles. The molecule has 31 heavy (non-hydrogen) atoms. The molecule has 5 nitrogen and oxygen atoms in total. The second-order valence-corrected chi connectivity index (χ2v) is 8.90. The van der Waals surface area contributed by atoms with Crippen LogP contribution in [0, 0.1) is 13.8 Å². The van der Waals surface area contributed by atoms with Crippen LogP contribution in [0.3, 0.4) is 0 Å². The topological polar surface area (TPSA) is 45.7 Å². The average molecular weight is 462 g/mol. The van der Waals surface area contributed by atoms with E-state index in [9.17, 15) is 4.79 Å². The lowest BCUT2D eigenvalue weighted by atomic mass is 10.1. The summed E-state index contributed by atoms with van der Waals surface area (Å²) in [4.78, 5) is 22.1. The third-order valence-electron chi connectivity index (χ3n) is 5.09. The lowest BCUT2D eigenvalue weighted by Gasteiger charge is -2.22. The van der Waals surface area contributed by atoms with E-state index in [2.05, 4.69) is 37.8 Å². The van der Waals surface area contributed by atoms with Crippen molar-refractivity contribution in [3.63, 3.8) is 0 Å². The molecule has 1 heterocycles. The van der Waals surface area contributed by atoms with Crippen molar-refractivity contribution in [2.45, 2.75) is 33.6 Å². The number of thiazole rings is 1. The molecule has 0 radical (unpaired) electrons. The van der Waals surface area contributed by atoms with E-state index >= 15 is 0 Å². The number of ether oxygens (including phenoxy) is 1. The largest absolute Gasteiger partial charge is 0.494 e. The maximum atomic E-state index is 13.5. The summed E-state index contributed by atoms with van der Waals surface area (Å²) in [5.41, 5.74) is 4.01. The van der Waals surface area contributed by atoms with Gasteiger partial charge in [0.15, 0.2) is 5.13 Å². The zero-order valence-electron chi connectivity index (χ0n) is 19.0. The summed E-state index contributed by atoms with van der Waals surface area (Å²) in [6, 6.07) is 11.7. The molecule has 1 aromatic heterocycles. The van der Waals surface area contributed by atoms with E-state index in [0.717, 1.165) is 40.5 Å². The molecule has 0 saturated carbocycles. The molecule has 0 aliphatic heterocycles. The lowest BCUT2D eigenvalue weighted by Crippen LogP contribution is -2.36. The van der Waals surface area contributed by atoms with E-state index in [0.29, 0.717) is 18.7 Å². The Kier molecular flexibility index (Phi) is 9.29. The monoisotopic (exact) mass is 461 g/mol. The molecule has 0 aliphatic rings. The number of halogens is 1. The second kappa shape index (κ2) is 11.5.